The van der Waals surface area contributed by atoms with E-state index in [1.165, 1.54) is 23.5 Å². The van der Waals surface area contributed by atoms with Crippen molar-refractivity contribution in [2.75, 3.05) is 11.9 Å². The first kappa shape index (κ1) is 17.4. The molecule has 1 amide bonds. The second-order valence-electron chi connectivity index (χ2n) is 5.83. The highest BCUT2D eigenvalue weighted by molar-refractivity contribution is 7.14. The monoisotopic (exact) mass is 401 g/mol. The quantitative estimate of drug-likeness (QED) is 0.510. The number of thiazole rings is 1. The Balaban J connectivity index is 1.52. The standard InChI is InChI=1S/C18H12ClN3O4S/c19-14-8-12(22(24)25)2-3-13(14)17(23)21-18-20-15(9-27-18)10-1-4-16-11(7-10)5-6-26-16/h1-4,7-9H,5-6H2,(H,20,21,23). The van der Waals surface area contributed by atoms with E-state index in [2.05, 4.69) is 10.3 Å². The molecule has 0 saturated heterocycles. The Morgan fingerprint density at radius 2 is 2.15 bits per heavy atom. The average molecular weight is 402 g/mol. The molecule has 3 aromatic rings. The molecule has 9 heteroatoms. The Labute approximate surface area is 162 Å². The number of halogens is 1. The highest BCUT2D eigenvalue weighted by Gasteiger charge is 2.17. The van der Waals surface area contributed by atoms with Gasteiger partial charge in [0.25, 0.3) is 11.6 Å². The molecule has 2 heterocycles. The first-order chi connectivity index (χ1) is 13.0. The van der Waals surface area contributed by atoms with Crippen molar-refractivity contribution in [3.05, 3.63) is 68.0 Å². The minimum atomic E-state index is -0.567. The number of rotatable bonds is 4. The summed E-state index contributed by atoms with van der Waals surface area (Å²) in [4.78, 5) is 27.0. The average Bonchev–Trinajstić information content (AvgIpc) is 3.29. The van der Waals surface area contributed by atoms with Crippen LogP contribution in [0.25, 0.3) is 11.3 Å². The summed E-state index contributed by atoms with van der Waals surface area (Å²) in [5, 5.41) is 15.7. The third-order valence-corrected chi connectivity index (χ3v) is 5.19. The lowest BCUT2D eigenvalue weighted by atomic mass is 10.1. The fourth-order valence-electron chi connectivity index (χ4n) is 2.78. The Kier molecular flexibility index (Phi) is 4.51. The summed E-state index contributed by atoms with van der Waals surface area (Å²) in [7, 11) is 0. The lowest BCUT2D eigenvalue weighted by Gasteiger charge is -2.04. The van der Waals surface area contributed by atoms with Crippen LogP contribution in [-0.4, -0.2) is 22.4 Å². The van der Waals surface area contributed by atoms with E-state index in [1.807, 2.05) is 23.6 Å². The summed E-state index contributed by atoms with van der Waals surface area (Å²) in [5.74, 6) is 0.425. The molecule has 2 aromatic carbocycles. The van der Waals surface area contributed by atoms with E-state index < -0.39 is 10.8 Å². The van der Waals surface area contributed by atoms with E-state index in [-0.39, 0.29) is 16.3 Å². The maximum absolute atomic E-state index is 12.4. The number of nitro benzene ring substituents is 1. The minimum Gasteiger partial charge on any atom is -0.493 e. The number of nitrogens with one attached hydrogen (secondary N) is 1. The van der Waals surface area contributed by atoms with E-state index in [0.717, 1.165) is 35.1 Å². The topological polar surface area (TPSA) is 94.4 Å². The summed E-state index contributed by atoms with van der Waals surface area (Å²) in [5.41, 5.74) is 2.82. The third kappa shape index (κ3) is 3.49. The molecule has 7 nitrogen and oxygen atoms in total. The maximum Gasteiger partial charge on any atom is 0.270 e. The van der Waals surface area contributed by atoms with Gasteiger partial charge in [-0.25, -0.2) is 4.98 Å². The van der Waals surface area contributed by atoms with Crippen molar-refractivity contribution in [3.63, 3.8) is 0 Å². The lowest BCUT2D eigenvalue weighted by molar-refractivity contribution is -0.384. The molecule has 0 bridgehead atoms. The second kappa shape index (κ2) is 6.98. The number of nitrogens with zero attached hydrogens (tertiary/aromatic N) is 2. The number of nitro groups is 1. The number of fused-ring (bicyclic) bond motifs is 1. The van der Waals surface area contributed by atoms with Crippen molar-refractivity contribution in [2.45, 2.75) is 6.42 Å². The van der Waals surface area contributed by atoms with Gasteiger partial charge in [0, 0.05) is 29.5 Å². The fraction of sp³-hybridized carbons (Fsp3) is 0.111. The Bertz CT molecular complexity index is 1070. The molecule has 1 N–H and O–H groups in total. The summed E-state index contributed by atoms with van der Waals surface area (Å²) < 4.78 is 5.50. The SMILES string of the molecule is O=C(Nc1nc(-c2ccc3c(c2)CCO3)cs1)c1ccc([N+](=O)[O-])cc1Cl. The number of hydrogen-bond donors (Lipinski definition) is 1. The Morgan fingerprint density at radius 1 is 1.30 bits per heavy atom. The highest BCUT2D eigenvalue weighted by atomic mass is 35.5. The molecule has 4 rings (SSSR count). The minimum absolute atomic E-state index is 0.0112. The molecular weight excluding hydrogens is 390 g/mol. The van der Waals surface area contributed by atoms with Crippen LogP contribution < -0.4 is 10.1 Å². The van der Waals surface area contributed by atoms with E-state index in [9.17, 15) is 14.9 Å². The van der Waals surface area contributed by atoms with Crippen LogP contribution in [-0.2, 0) is 6.42 Å². The predicted molar refractivity (Wildman–Crippen MR) is 103 cm³/mol. The molecule has 0 saturated carbocycles. The van der Waals surface area contributed by atoms with Gasteiger partial charge in [-0.3, -0.25) is 20.2 Å². The Morgan fingerprint density at radius 3 is 2.93 bits per heavy atom. The first-order valence-electron chi connectivity index (χ1n) is 7.98. The summed E-state index contributed by atoms with van der Waals surface area (Å²) in [6.07, 6.45) is 0.871. The van der Waals surface area contributed by atoms with Crippen LogP contribution in [0.3, 0.4) is 0 Å². The lowest BCUT2D eigenvalue weighted by Crippen LogP contribution is -2.12. The molecule has 1 aliphatic heterocycles. The Hall–Kier alpha value is -2.97. The van der Waals surface area contributed by atoms with Crippen molar-refractivity contribution in [1.29, 1.82) is 0 Å². The number of amides is 1. The van der Waals surface area contributed by atoms with Crippen LogP contribution in [0.1, 0.15) is 15.9 Å². The number of anilines is 1. The van der Waals surface area contributed by atoms with Crippen molar-refractivity contribution in [2.24, 2.45) is 0 Å². The molecular formula is C18H12ClN3O4S. The smallest absolute Gasteiger partial charge is 0.270 e. The second-order valence-corrected chi connectivity index (χ2v) is 7.10. The number of hydrogen-bond acceptors (Lipinski definition) is 6. The van der Waals surface area contributed by atoms with E-state index in [4.69, 9.17) is 16.3 Å². The van der Waals surface area contributed by atoms with Gasteiger partial charge in [0.05, 0.1) is 27.8 Å². The number of ether oxygens (including phenoxy) is 1. The highest BCUT2D eigenvalue weighted by Crippen LogP contribution is 2.32. The van der Waals surface area contributed by atoms with Gasteiger partial charge in [-0.15, -0.1) is 11.3 Å². The largest absolute Gasteiger partial charge is 0.493 e. The molecule has 27 heavy (non-hydrogen) atoms. The van der Waals surface area contributed by atoms with Gasteiger partial charge in [0.1, 0.15) is 5.75 Å². The maximum atomic E-state index is 12.4. The van der Waals surface area contributed by atoms with Gasteiger partial charge in [-0.05, 0) is 29.8 Å². The van der Waals surface area contributed by atoms with Gasteiger partial charge in [0.2, 0.25) is 0 Å². The number of non-ortho nitro benzene ring substituents is 1. The van der Waals surface area contributed by atoms with Gasteiger partial charge >= 0.3 is 0 Å². The third-order valence-electron chi connectivity index (χ3n) is 4.12. The first-order valence-corrected chi connectivity index (χ1v) is 9.24. The molecule has 136 valence electrons. The summed E-state index contributed by atoms with van der Waals surface area (Å²) in [6, 6.07) is 9.60. The van der Waals surface area contributed by atoms with Crippen LogP contribution >= 0.6 is 22.9 Å². The zero-order valence-electron chi connectivity index (χ0n) is 13.8. The van der Waals surface area contributed by atoms with Crippen molar-refractivity contribution in [3.8, 4) is 17.0 Å². The summed E-state index contributed by atoms with van der Waals surface area (Å²) in [6.45, 7) is 0.688. The zero-order valence-corrected chi connectivity index (χ0v) is 15.3. The molecule has 0 spiro atoms. The van der Waals surface area contributed by atoms with Crippen LogP contribution in [0.4, 0.5) is 10.8 Å². The molecule has 0 fully saturated rings. The number of aromatic nitrogens is 1. The molecule has 0 atom stereocenters. The summed E-state index contributed by atoms with van der Waals surface area (Å²) >= 11 is 7.28. The number of carbonyl (C=O) groups is 1. The van der Waals surface area contributed by atoms with Gasteiger partial charge in [-0.2, -0.15) is 0 Å². The van der Waals surface area contributed by atoms with Crippen molar-refractivity contribution >= 4 is 39.7 Å². The fourth-order valence-corrected chi connectivity index (χ4v) is 3.75. The van der Waals surface area contributed by atoms with E-state index >= 15 is 0 Å². The molecule has 1 aromatic heterocycles. The van der Waals surface area contributed by atoms with Crippen LogP contribution in [0.15, 0.2) is 41.8 Å². The molecule has 1 aliphatic rings. The van der Waals surface area contributed by atoms with Crippen molar-refractivity contribution < 1.29 is 14.5 Å². The molecule has 0 unspecified atom stereocenters. The van der Waals surface area contributed by atoms with E-state index in [1.54, 1.807) is 0 Å². The number of benzene rings is 2. The molecule has 0 radical (unpaired) electrons. The molecule has 0 aliphatic carbocycles. The zero-order chi connectivity index (χ0) is 19.0. The normalized spacial score (nSPS) is 12.3. The van der Waals surface area contributed by atoms with Crippen LogP contribution in [0.2, 0.25) is 5.02 Å². The van der Waals surface area contributed by atoms with E-state index in [0.29, 0.717) is 11.7 Å². The predicted octanol–water partition coefficient (Wildman–Crippen LogP) is 4.56. The van der Waals surface area contributed by atoms with Crippen molar-refractivity contribution in [1.82, 2.24) is 4.98 Å². The van der Waals surface area contributed by atoms with Crippen LogP contribution in [0.5, 0.6) is 5.75 Å². The van der Waals surface area contributed by atoms with Gasteiger partial charge in [-0.1, -0.05) is 11.6 Å². The number of carbonyl (C=O) groups excluding carboxylic acids is 1. The van der Waals surface area contributed by atoms with Crippen LogP contribution in [0, 0.1) is 10.1 Å². The van der Waals surface area contributed by atoms with Gasteiger partial charge < -0.3 is 4.74 Å². The van der Waals surface area contributed by atoms with Gasteiger partial charge in [0.15, 0.2) is 5.13 Å².